The van der Waals surface area contributed by atoms with Crippen LogP contribution in [0.15, 0.2) is 52.0 Å². The van der Waals surface area contributed by atoms with Crippen molar-refractivity contribution in [3.05, 3.63) is 58.1 Å². The second kappa shape index (κ2) is 8.16. The van der Waals surface area contributed by atoms with E-state index in [2.05, 4.69) is 47.2 Å². The Hall–Kier alpha value is -2.34. The zero-order valence-electron chi connectivity index (χ0n) is 14.4. The molecule has 0 aliphatic heterocycles. The predicted molar refractivity (Wildman–Crippen MR) is 102 cm³/mol. The fourth-order valence-corrected chi connectivity index (χ4v) is 2.49. The van der Waals surface area contributed by atoms with Crippen LogP contribution >= 0.6 is 15.9 Å². The predicted octanol–water partition coefficient (Wildman–Crippen LogP) is 3.98. The van der Waals surface area contributed by atoms with Crippen molar-refractivity contribution in [2.75, 3.05) is 6.61 Å². The molecule has 0 saturated carbocycles. The highest BCUT2D eigenvalue weighted by Crippen LogP contribution is 2.33. The van der Waals surface area contributed by atoms with Crippen molar-refractivity contribution in [2.24, 2.45) is 5.10 Å². The summed E-state index contributed by atoms with van der Waals surface area (Å²) in [6.07, 6.45) is 1.50. The first-order valence-electron chi connectivity index (χ1n) is 7.79. The maximum atomic E-state index is 11.9. The number of hydrogen-bond donors (Lipinski definition) is 2. The summed E-state index contributed by atoms with van der Waals surface area (Å²) in [5.74, 6) is 0.505. The molecule has 0 aliphatic rings. The number of carbonyl (C=O) groups is 1. The van der Waals surface area contributed by atoms with Gasteiger partial charge in [-0.25, -0.2) is 5.43 Å². The Morgan fingerprint density at radius 1 is 1.24 bits per heavy atom. The number of nitrogens with zero attached hydrogens (tertiary/aromatic N) is 1. The number of hydrazone groups is 1. The first kappa shape index (κ1) is 19.0. The summed E-state index contributed by atoms with van der Waals surface area (Å²) in [6.45, 7) is 6.13. The molecule has 0 heterocycles. The highest BCUT2D eigenvalue weighted by Gasteiger charge is 2.19. The quantitative estimate of drug-likeness (QED) is 0.584. The van der Waals surface area contributed by atoms with Crippen LogP contribution in [0.4, 0.5) is 0 Å². The number of hydrogen-bond acceptors (Lipinski definition) is 4. The third-order valence-corrected chi connectivity index (χ3v) is 3.90. The van der Waals surface area contributed by atoms with Crippen LogP contribution in [0.5, 0.6) is 11.5 Å². The molecule has 2 aromatic rings. The summed E-state index contributed by atoms with van der Waals surface area (Å²) in [5.41, 5.74) is 4.10. The Kier molecular flexibility index (Phi) is 6.20. The highest BCUT2D eigenvalue weighted by atomic mass is 79.9. The number of aromatic hydroxyl groups is 1. The van der Waals surface area contributed by atoms with Gasteiger partial charge >= 0.3 is 0 Å². The van der Waals surface area contributed by atoms with Gasteiger partial charge in [0.25, 0.3) is 5.91 Å². The maximum Gasteiger partial charge on any atom is 0.277 e. The molecule has 2 aromatic carbocycles. The molecule has 6 heteroatoms. The van der Waals surface area contributed by atoms with Crippen LogP contribution in [-0.4, -0.2) is 23.8 Å². The number of amides is 1. The summed E-state index contributed by atoms with van der Waals surface area (Å²) >= 11 is 3.46. The van der Waals surface area contributed by atoms with Crippen molar-refractivity contribution < 1.29 is 14.6 Å². The molecular formula is C19H21BrN2O3. The fraction of sp³-hybridized carbons (Fsp3) is 0.263. The van der Waals surface area contributed by atoms with E-state index in [4.69, 9.17) is 4.74 Å². The molecule has 0 aliphatic carbocycles. The van der Waals surface area contributed by atoms with Crippen molar-refractivity contribution >= 4 is 28.1 Å². The van der Waals surface area contributed by atoms with Crippen molar-refractivity contribution in [1.82, 2.24) is 5.43 Å². The van der Waals surface area contributed by atoms with E-state index in [1.807, 2.05) is 18.2 Å². The number of phenolic OH excluding ortho intramolecular Hbond substituents is 1. The fourth-order valence-electron chi connectivity index (χ4n) is 2.13. The van der Waals surface area contributed by atoms with Gasteiger partial charge in [0.1, 0.15) is 11.5 Å². The van der Waals surface area contributed by atoms with E-state index in [1.165, 1.54) is 6.21 Å². The lowest BCUT2D eigenvalue weighted by Crippen LogP contribution is -2.25. The third-order valence-electron chi connectivity index (χ3n) is 3.40. The van der Waals surface area contributed by atoms with Gasteiger partial charge in [0, 0.05) is 10.0 Å². The molecule has 0 spiro atoms. The van der Waals surface area contributed by atoms with Gasteiger partial charge in [-0.05, 0) is 53.4 Å². The van der Waals surface area contributed by atoms with Crippen molar-refractivity contribution in [3.63, 3.8) is 0 Å². The summed E-state index contributed by atoms with van der Waals surface area (Å²) in [7, 11) is 0. The van der Waals surface area contributed by atoms with Gasteiger partial charge in [0.15, 0.2) is 6.61 Å². The molecule has 5 nitrogen and oxygen atoms in total. The van der Waals surface area contributed by atoms with Crippen LogP contribution in [-0.2, 0) is 10.2 Å². The van der Waals surface area contributed by atoms with Gasteiger partial charge in [0.2, 0.25) is 0 Å². The van der Waals surface area contributed by atoms with Crippen LogP contribution < -0.4 is 10.2 Å². The Labute approximate surface area is 155 Å². The van der Waals surface area contributed by atoms with E-state index < -0.39 is 0 Å². The van der Waals surface area contributed by atoms with E-state index in [0.29, 0.717) is 5.75 Å². The molecule has 0 saturated heterocycles. The number of rotatable bonds is 5. The van der Waals surface area contributed by atoms with Crippen molar-refractivity contribution in [1.29, 1.82) is 0 Å². The van der Waals surface area contributed by atoms with E-state index in [-0.39, 0.29) is 23.7 Å². The van der Waals surface area contributed by atoms with E-state index in [0.717, 1.165) is 15.6 Å². The number of carbonyl (C=O) groups excluding carboxylic acids is 1. The average molecular weight is 405 g/mol. The second-order valence-corrected chi connectivity index (χ2v) is 7.48. The number of phenols is 1. The summed E-state index contributed by atoms with van der Waals surface area (Å²) in [5, 5.41) is 13.1. The van der Waals surface area contributed by atoms with Gasteiger partial charge in [0.05, 0.1) is 6.21 Å². The summed E-state index contributed by atoms with van der Waals surface area (Å²) in [6, 6.07) is 12.2. The Morgan fingerprint density at radius 2 is 1.92 bits per heavy atom. The van der Waals surface area contributed by atoms with Crippen LogP contribution in [0, 0.1) is 0 Å². The Bertz CT molecular complexity index is 765. The second-order valence-electron chi connectivity index (χ2n) is 6.56. The molecule has 0 atom stereocenters. The molecule has 2 N–H and O–H groups in total. The van der Waals surface area contributed by atoms with Crippen molar-refractivity contribution in [2.45, 2.75) is 26.2 Å². The van der Waals surface area contributed by atoms with Gasteiger partial charge in [-0.2, -0.15) is 5.10 Å². The summed E-state index contributed by atoms with van der Waals surface area (Å²) < 4.78 is 6.62. The molecule has 2 rings (SSSR count). The zero-order chi connectivity index (χ0) is 18.4. The van der Waals surface area contributed by atoms with Gasteiger partial charge in [-0.3, -0.25) is 4.79 Å². The molecule has 0 radical (unpaired) electrons. The van der Waals surface area contributed by atoms with Gasteiger partial charge in [-0.1, -0.05) is 36.7 Å². The smallest absolute Gasteiger partial charge is 0.277 e. The van der Waals surface area contributed by atoms with Crippen LogP contribution in [0.25, 0.3) is 0 Å². The van der Waals surface area contributed by atoms with E-state index >= 15 is 0 Å². The normalized spacial score (nSPS) is 11.5. The SMILES string of the molecule is CC(C)(C)c1cc(Br)ccc1OCC(=O)N/N=C/c1ccc(O)cc1. The van der Waals surface area contributed by atoms with E-state index in [1.54, 1.807) is 24.3 Å². The minimum atomic E-state index is -0.349. The van der Waals surface area contributed by atoms with Crippen molar-refractivity contribution in [3.8, 4) is 11.5 Å². The van der Waals surface area contributed by atoms with Gasteiger partial charge in [-0.15, -0.1) is 0 Å². The minimum Gasteiger partial charge on any atom is -0.508 e. The lowest BCUT2D eigenvalue weighted by molar-refractivity contribution is -0.123. The molecule has 25 heavy (non-hydrogen) atoms. The number of benzene rings is 2. The van der Waals surface area contributed by atoms with Crippen LogP contribution in [0.1, 0.15) is 31.9 Å². The average Bonchev–Trinajstić information content (AvgIpc) is 2.54. The molecule has 132 valence electrons. The lowest BCUT2D eigenvalue weighted by atomic mass is 9.86. The number of ether oxygens (including phenoxy) is 1. The molecule has 1 amide bonds. The third kappa shape index (κ3) is 5.90. The molecular weight excluding hydrogens is 384 g/mol. The van der Waals surface area contributed by atoms with Gasteiger partial charge < -0.3 is 9.84 Å². The lowest BCUT2D eigenvalue weighted by Gasteiger charge is -2.23. The summed E-state index contributed by atoms with van der Waals surface area (Å²) in [4.78, 5) is 11.9. The standard InChI is InChI=1S/C19H21BrN2O3/c1-19(2,3)16-10-14(20)6-9-17(16)25-12-18(24)22-21-11-13-4-7-15(23)8-5-13/h4-11,23H,12H2,1-3H3,(H,22,24)/b21-11+. The number of nitrogens with one attached hydrogen (secondary N) is 1. The largest absolute Gasteiger partial charge is 0.508 e. The molecule has 0 bridgehead atoms. The Balaban J connectivity index is 1.93. The van der Waals surface area contributed by atoms with E-state index in [9.17, 15) is 9.90 Å². The minimum absolute atomic E-state index is 0.105. The zero-order valence-corrected chi connectivity index (χ0v) is 16.0. The Morgan fingerprint density at radius 3 is 2.56 bits per heavy atom. The first-order valence-corrected chi connectivity index (χ1v) is 8.59. The highest BCUT2D eigenvalue weighted by molar-refractivity contribution is 9.10. The maximum absolute atomic E-state index is 11.9. The topological polar surface area (TPSA) is 70.9 Å². The van der Waals surface area contributed by atoms with Crippen LogP contribution in [0.3, 0.4) is 0 Å². The molecule has 0 fully saturated rings. The monoisotopic (exact) mass is 404 g/mol. The first-order chi connectivity index (χ1) is 11.8. The van der Waals surface area contributed by atoms with Crippen LogP contribution in [0.2, 0.25) is 0 Å². The molecule has 0 unspecified atom stereocenters. The number of halogens is 1. The molecule has 0 aromatic heterocycles.